The highest BCUT2D eigenvalue weighted by molar-refractivity contribution is 6.12. The van der Waals surface area contributed by atoms with Crippen LogP contribution in [0, 0.1) is 12.7 Å². The van der Waals surface area contributed by atoms with Crippen molar-refractivity contribution in [2.24, 2.45) is 7.05 Å². The van der Waals surface area contributed by atoms with Gasteiger partial charge < -0.3 is 24.2 Å². The van der Waals surface area contributed by atoms with E-state index in [0.29, 0.717) is 65.8 Å². The molecule has 0 bridgehead atoms. The molecule has 8 rings (SSSR count). The number of likely N-dealkylation sites (N-methyl/N-ethyl adjacent to an activating group) is 1. The molecule has 272 valence electrons. The van der Waals surface area contributed by atoms with Gasteiger partial charge >= 0.3 is 0 Å². The number of aromatic hydroxyl groups is 1. The molecule has 53 heavy (non-hydrogen) atoms. The van der Waals surface area contributed by atoms with E-state index in [-0.39, 0.29) is 23.6 Å². The minimum absolute atomic E-state index is 0.0831. The van der Waals surface area contributed by atoms with Crippen LogP contribution < -0.4 is 9.80 Å². The SMILES string of the molecule is Cc1c(C(=O)N(c2ccc(O)cc2)c2cnc3c(c2)CCN3C)cc(-c2cc(F)ccc2C(=O)N2Cc3ccccc3C[C@H]2CN2CCOCC2)n1C. The highest BCUT2D eigenvalue weighted by Gasteiger charge is 2.34. The quantitative estimate of drug-likeness (QED) is 0.218. The van der Waals surface area contributed by atoms with Gasteiger partial charge in [0.25, 0.3) is 11.8 Å². The van der Waals surface area contributed by atoms with Gasteiger partial charge in [-0.05, 0) is 91.1 Å². The maximum atomic E-state index is 15.2. The Morgan fingerprint density at radius 1 is 0.906 bits per heavy atom. The number of nitrogens with zero attached hydrogens (tertiary/aromatic N) is 6. The van der Waals surface area contributed by atoms with Gasteiger partial charge in [-0.3, -0.25) is 19.4 Å². The molecule has 1 fully saturated rings. The van der Waals surface area contributed by atoms with E-state index < -0.39 is 5.82 Å². The van der Waals surface area contributed by atoms with Crippen molar-refractivity contribution in [1.29, 1.82) is 0 Å². The van der Waals surface area contributed by atoms with Crippen molar-refractivity contribution in [1.82, 2.24) is 19.4 Å². The minimum Gasteiger partial charge on any atom is -0.508 e. The summed E-state index contributed by atoms with van der Waals surface area (Å²) in [4.78, 5) is 42.2. The molecule has 0 unspecified atom stereocenters. The molecule has 2 amide bonds. The van der Waals surface area contributed by atoms with Crippen molar-refractivity contribution in [2.75, 3.05) is 56.2 Å². The number of ether oxygens (including phenoxy) is 1. The molecule has 1 atom stereocenters. The third kappa shape index (κ3) is 6.55. The van der Waals surface area contributed by atoms with E-state index in [0.717, 1.165) is 49.4 Å². The highest BCUT2D eigenvalue weighted by atomic mass is 19.1. The van der Waals surface area contributed by atoms with Gasteiger partial charge in [0.15, 0.2) is 0 Å². The number of phenolic OH excluding ortho intramolecular Hbond substituents is 1. The average Bonchev–Trinajstić information content (AvgIpc) is 3.69. The van der Waals surface area contributed by atoms with Gasteiger partial charge in [0.1, 0.15) is 17.4 Å². The van der Waals surface area contributed by atoms with Crippen molar-refractivity contribution in [3.05, 3.63) is 124 Å². The number of carbonyl (C=O) groups is 2. The smallest absolute Gasteiger partial charge is 0.264 e. The summed E-state index contributed by atoms with van der Waals surface area (Å²) in [7, 11) is 3.83. The Balaban J connectivity index is 1.18. The lowest BCUT2D eigenvalue weighted by Gasteiger charge is -2.40. The summed E-state index contributed by atoms with van der Waals surface area (Å²) in [5.74, 6) is 0.000452. The number of benzene rings is 3. The number of halogens is 1. The minimum atomic E-state index is -0.475. The zero-order valence-corrected chi connectivity index (χ0v) is 30.3. The summed E-state index contributed by atoms with van der Waals surface area (Å²) >= 11 is 0. The van der Waals surface area contributed by atoms with Crippen LogP contribution in [0.4, 0.5) is 21.6 Å². The number of aromatic nitrogens is 2. The molecule has 3 aliphatic heterocycles. The van der Waals surface area contributed by atoms with E-state index in [1.54, 1.807) is 47.5 Å². The number of morpholine rings is 1. The van der Waals surface area contributed by atoms with Crippen LogP contribution in [0.2, 0.25) is 0 Å². The second-order valence-electron chi connectivity index (χ2n) is 14.3. The number of phenols is 1. The highest BCUT2D eigenvalue weighted by Crippen LogP contribution is 2.37. The molecule has 2 aromatic heterocycles. The summed E-state index contributed by atoms with van der Waals surface area (Å²) in [6.07, 6.45) is 3.22. The van der Waals surface area contributed by atoms with Crippen LogP contribution in [0.15, 0.2) is 85.1 Å². The molecular weight excluding hydrogens is 671 g/mol. The summed E-state index contributed by atoms with van der Waals surface area (Å²) in [5.41, 5.74) is 6.93. The lowest BCUT2D eigenvalue weighted by Crippen LogP contribution is -2.52. The van der Waals surface area contributed by atoms with Crippen LogP contribution in [0.3, 0.4) is 0 Å². The molecule has 5 heterocycles. The maximum Gasteiger partial charge on any atom is 0.264 e. The van der Waals surface area contributed by atoms with Crippen molar-refractivity contribution >= 4 is 29.0 Å². The molecule has 1 saturated heterocycles. The summed E-state index contributed by atoms with van der Waals surface area (Å²) in [6, 6.07) is 22.7. The molecule has 10 nitrogen and oxygen atoms in total. The first-order valence-corrected chi connectivity index (χ1v) is 18.1. The number of anilines is 3. The number of hydrogen-bond acceptors (Lipinski definition) is 7. The Bertz CT molecular complexity index is 2190. The van der Waals surface area contributed by atoms with Crippen molar-refractivity contribution < 1.29 is 23.8 Å². The van der Waals surface area contributed by atoms with E-state index in [2.05, 4.69) is 21.9 Å². The van der Waals surface area contributed by atoms with E-state index in [4.69, 9.17) is 9.72 Å². The Kier molecular flexibility index (Phi) is 9.22. The summed E-state index contributed by atoms with van der Waals surface area (Å²) in [6.45, 7) is 6.79. The Morgan fingerprint density at radius 3 is 2.43 bits per heavy atom. The first-order valence-electron chi connectivity index (χ1n) is 18.1. The van der Waals surface area contributed by atoms with E-state index >= 15 is 4.39 Å². The van der Waals surface area contributed by atoms with Crippen molar-refractivity contribution in [3.8, 4) is 17.0 Å². The van der Waals surface area contributed by atoms with Crippen LogP contribution in [0.1, 0.15) is 43.1 Å². The van der Waals surface area contributed by atoms with Crippen LogP contribution >= 0.6 is 0 Å². The van der Waals surface area contributed by atoms with Gasteiger partial charge in [0, 0.05) is 81.1 Å². The molecule has 0 spiro atoms. The standard InChI is InChI=1S/C42H43FN6O4/c1-27-37(42(52)49(32-9-11-35(50)12-10-32)33-21-29-14-15-45(2)40(29)44-24-33)23-39(46(27)3)38-22-31(43)8-13-36(38)41(51)48-25-30-7-5-4-6-28(30)20-34(48)26-47-16-18-53-19-17-47/h4-13,21-24,34,50H,14-20,25-26H2,1-3H3/t34-/m0/s1. The second-order valence-corrected chi connectivity index (χ2v) is 14.3. The van der Waals surface area contributed by atoms with E-state index in [1.165, 1.54) is 17.7 Å². The normalized spacial score (nSPS) is 17.1. The lowest BCUT2D eigenvalue weighted by molar-refractivity contribution is 0.0193. The predicted molar refractivity (Wildman–Crippen MR) is 202 cm³/mol. The van der Waals surface area contributed by atoms with E-state index in [9.17, 15) is 14.7 Å². The van der Waals surface area contributed by atoms with Gasteiger partial charge in [-0.25, -0.2) is 9.37 Å². The van der Waals surface area contributed by atoms with Gasteiger partial charge in [-0.15, -0.1) is 0 Å². The Morgan fingerprint density at radius 2 is 1.66 bits per heavy atom. The van der Waals surface area contributed by atoms with Gasteiger partial charge in [-0.2, -0.15) is 0 Å². The van der Waals surface area contributed by atoms with Crippen molar-refractivity contribution in [2.45, 2.75) is 32.4 Å². The lowest BCUT2D eigenvalue weighted by atomic mass is 9.92. The monoisotopic (exact) mass is 714 g/mol. The fourth-order valence-electron chi connectivity index (χ4n) is 7.95. The van der Waals surface area contributed by atoms with Crippen LogP contribution in [-0.4, -0.2) is 88.8 Å². The van der Waals surface area contributed by atoms with Crippen molar-refractivity contribution in [3.63, 3.8) is 0 Å². The molecule has 1 N–H and O–H groups in total. The van der Waals surface area contributed by atoms with E-state index in [1.807, 2.05) is 48.7 Å². The molecule has 3 aromatic carbocycles. The predicted octanol–water partition coefficient (Wildman–Crippen LogP) is 6.11. The first kappa shape index (κ1) is 34.6. The first-order chi connectivity index (χ1) is 25.7. The second kappa shape index (κ2) is 14.1. The van der Waals surface area contributed by atoms with Crippen LogP contribution in [0.25, 0.3) is 11.3 Å². The number of rotatable bonds is 7. The molecule has 5 aromatic rings. The topological polar surface area (TPSA) is 94.4 Å². The number of amides is 2. The molecular formula is C42H43FN6O4. The zero-order chi connectivity index (χ0) is 36.8. The van der Waals surface area contributed by atoms with Gasteiger partial charge in [-0.1, -0.05) is 24.3 Å². The maximum absolute atomic E-state index is 15.2. The third-order valence-corrected chi connectivity index (χ3v) is 11.0. The largest absolute Gasteiger partial charge is 0.508 e. The van der Waals surface area contributed by atoms with Crippen LogP contribution in [0.5, 0.6) is 5.75 Å². The fourth-order valence-corrected chi connectivity index (χ4v) is 7.95. The number of pyridine rings is 1. The molecule has 11 heteroatoms. The molecule has 0 saturated carbocycles. The fraction of sp³-hybridized carbons (Fsp3) is 0.310. The Labute approximate surface area is 308 Å². The third-order valence-electron chi connectivity index (χ3n) is 11.0. The summed E-state index contributed by atoms with van der Waals surface area (Å²) < 4.78 is 22.6. The van der Waals surface area contributed by atoms with Gasteiger partial charge in [0.05, 0.1) is 30.7 Å². The average molecular weight is 715 g/mol. The number of hydrogen-bond donors (Lipinski definition) is 1. The number of fused-ring (bicyclic) bond motifs is 2. The summed E-state index contributed by atoms with van der Waals surface area (Å²) in [5, 5.41) is 10.1. The molecule has 3 aliphatic rings. The van der Waals surface area contributed by atoms with Gasteiger partial charge in [0.2, 0.25) is 0 Å². The molecule has 0 aliphatic carbocycles. The molecule has 0 radical (unpaired) electrons. The number of carbonyl (C=O) groups excluding carboxylic acids is 2. The van der Waals surface area contributed by atoms with Crippen LogP contribution in [-0.2, 0) is 31.2 Å². The Hall–Kier alpha value is -5.52. The zero-order valence-electron chi connectivity index (χ0n) is 30.3.